The van der Waals surface area contributed by atoms with Gasteiger partial charge in [-0.1, -0.05) is 19.9 Å². The number of halogens is 3. The first-order chi connectivity index (χ1) is 8.05. The topological polar surface area (TPSA) is 57.5 Å². The lowest BCUT2D eigenvalue weighted by Crippen LogP contribution is -2.26. The van der Waals surface area contributed by atoms with E-state index in [1.807, 2.05) is 0 Å². The Morgan fingerprint density at radius 1 is 1.28 bits per heavy atom. The summed E-state index contributed by atoms with van der Waals surface area (Å²) in [5, 5.41) is 18.3. The Kier molecular flexibility index (Phi) is 3.59. The van der Waals surface area contributed by atoms with Crippen molar-refractivity contribution in [1.29, 1.82) is 0 Å². The first kappa shape index (κ1) is 14.3. The molecule has 18 heavy (non-hydrogen) atoms. The Bertz CT molecular complexity index is 464. The van der Waals surface area contributed by atoms with Crippen LogP contribution in [0.4, 0.5) is 13.2 Å². The van der Waals surface area contributed by atoms with Crippen LogP contribution < -0.4 is 0 Å². The van der Waals surface area contributed by atoms with Crippen LogP contribution in [0.2, 0.25) is 0 Å². The van der Waals surface area contributed by atoms with Gasteiger partial charge in [-0.2, -0.15) is 13.2 Å². The fourth-order valence-electron chi connectivity index (χ4n) is 1.95. The Morgan fingerprint density at radius 2 is 1.83 bits per heavy atom. The molecule has 0 saturated heterocycles. The Labute approximate surface area is 102 Å². The predicted molar refractivity (Wildman–Crippen MR) is 58.4 cm³/mol. The molecule has 1 rings (SSSR count). The maximum Gasteiger partial charge on any atom is 0.416 e. The first-order valence-corrected chi connectivity index (χ1v) is 5.17. The smallest absolute Gasteiger partial charge is 0.416 e. The number of hydrogen-bond acceptors (Lipinski definition) is 2. The second-order valence-electron chi connectivity index (χ2n) is 4.65. The molecule has 0 saturated carbocycles. The highest BCUT2D eigenvalue weighted by molar-refractivity contribution is 5.69. The monoisotopic (exact) mass is 262 g/mol. The number of hydrogen-bond donors (Lipinski definition) is 2. The van der Waals surface area contributed by atoms with Crippen molar-refractivity contribution in [3.05, 3.63) is 29.3 Å². The summed E-state index contributed by atoms with van der Waals surface area (Å²) >= 11 is 0. The summed E-state index contributed by atoms with van der Waals surface area (Å²) in [5.74, 6) is -1.77. The zero-order chi connectivity index (χ0) is 14.1. The van der Waals surface area contributed by atoms with Gasteiger partial charge in [0.25, 0.3) is 0 Å². The number of phenolic OH excluding ortho intramolecular Hbond substituents is 1. The molecule has 100 valence electrons. The van der Waals surface area contributed by atoms with E-state index in [1.165, 1.54) is 13.8 Å². The Hall–Kier alpha value is -1.72. The minimum Gasteiger partial charge on any atom is -0.508 e. The van der Waals surface area contributed by atoms with Crippen LogP contribution in [0.1, 0.15) is 31.4 Å². The molecule has 1 aromatic carbocycles. The van der Waals surface area contributed by atoms with Crippen molar-refractivity contribution in [1.82, 2.24) is 0 Å². The molecule has 3 nitrogen and oxygen atoms in total. The van der Waals surface area contributed by atoms with E-state index >= 15 is 0 Å². The fraction of sp³-hybridized carbons (Fsp3) is 0.417. The number of aliphatic carboxylic acids is 1. The van der Waals surface area contributed by atoms with Gasteiger partial charge in [0.05, 0.1) is 12.0 Å². The second-order valence-corrected chi connectivity index (χ2v) is 4.65. The summed E-state index contributed by atoms with van der Waals surface area (Å²) < 4.78 is 38.5. The normalized spacial score (nSPS) is 12.5. The van der Waals surface area contributed by atoms with Gasteiger partial charge in [0.15, 0.2) is 0 Å². The van der Waals surface area contributed by atoms with Gasteiger partial charge in [-0.25, -0.2) is 0 Å². The number of alkyl halides is 3. The highest BCUT2D eigenvalue weighted by Gasteiger charge is 2.40. The molecule has 0 aromatic heterocycles. The van der Waals surface area contributed by atoms with Crippen LogP contribution in [0.25, 0.3) is 0 Å². The van der Waals surface area contributed by atoms with Gasteiger partial charge in [0.1, 0.15) is 5.75 Å². The summed E-state index contributed by atoms with van der Waals surface area (Å²) in [6.45, 7) is 2.71. The second kappa shape index (κ2) is 4.51. The van der Waals surface area contributed by atoms with E-state index in [0.717, 1.165) is 18.2 Å². The fourth-order valence-corrected chi connectivity index (χ4v) is 1.95. The van der Waals surface area contributed by atoms with E-state index in [2.05, 4.69) is 0 Å². The van der Waals surface area contributed by atoms with Crippen molar-refractivity contribution >= 4 is 5.97 Å². The molecule has 0 aliphatic rings. The van der Waals surface area contributed by atoms with E-state index in [0.29, 0.717) is 0 Å². The van der Waals surface area contributed by atoms with Crippen LogP contribution in [0.3, 0.4) is 0 Å². The molecule has 0 aliphatic carbocycles. The average molecular weight is 262 g/mol. The Morgan fingerprint density at radius 3 is 2.28 bits per heavy atom. The lowest BCUT2D eigenvalue weighted by atomic mass is 9.78. The maximum absolute atomic E-state index is 12.8. The van der Waals surface area contributed by atoms with Crippen molar-refractivity contribution in [3.8, 4) is 5.75 Å². The molecular formula is C12H13F3O3. The number of rotatable bonds is 3. The van der Waals surface area contributed by atoms with Crippen molar-refractivity contribution < 1.29 is 28.2 Å². The lowest BCUT2D eigenvalue weighted by molar-refractivity contribution is -0.141. The van der Waals surface area contributed by atoms with E-state index in [4.69, 9.17) is 5.11 Å². The molecular weight excluding hydrogens is 249 g/mol. The molecule has 0 bridgehead atoms. The number of carbonyl (C=O) groups is 1. The summed E-state index contributed by atoms with van der Waals surface area (Å²) in [7, 11) is 0. The number of carboxylic acids is 1. The molecule has 0 aliphatic heterocycles. The third kappa shape index (κ3) is 2.94. The molecule has 2 N–H and O–H groups in total. The third-order valence-electron chi connectivity index (χ3n) is 2.62. The summed E-state index contributed by atoms with van der Waals surface area (Å²) in [4.78, 5) is 10.7. The van der Waals surface area contributed by atoms with Crippen molar-refractivity contribution in [3.63, 3.8) is 0 Å². The van der Waals surface area contributed by atoms with E-state index in [-0.39, 0.29) is 5.56 Å². The summed E-state index contributed by atoms with van der Waals surface area (Å²) in [6, 6.07) is 3.03. The molecule has 0 radical (unpaired) electrons. The van der Waals surface area contributed by atoms with Gasteiger partial charge in [-0.3, -0.25) is 4.79 Å². The van der Waals surface area contributed by atoms with Gasteiger partial charge in [0, 0.05) is 11.0 Å². The van der Waals surface area contributed by atoms with Crippen molar-refractivity contribution in [2.75, 3.05) is 0 Å². The van der Waals surface area contributed by atoms with Crippen LogP contribution in [-0.2, 0) is 16.4 Å². The molecule has 0 atom stereocenters. The Balaban J connectivity index is 3.43. The number of benzene rings is 1. The molecule has 0 fully saturated rings. The van der Waals surface area contributed by atoms with Crippen LogP contribution in [0.5, 0.6) is 5.75 Å². The molecule has 6 heteroatoms. The third-order valence-corrected chi connectivity index (χ3v) is 2.62. The lowest BCUT2D eigenvalue weighted by Gasteiger charge is -2.27. The molecule has 0 spiro atoms. The first-order valence-electron chi connectivity index (χ1n) is 5.17. The van der Waals surface area contributed by atoms with Gasteiger partial charge >= 0.3 is 12.1 Å². The zero-order valence-corrected chi connectivity index (χ0v) is 9.88. The van der Waals surface area contributed by atoms with Crippen molar-refractivity contribution in [2.24, 2.45) is 0 Å². The average Bonchev–Trinajstić information content (AvgIpc) is 2.13. The SMILES string of the molecule is CC(C)(CC(=O)O)c1c(O)cccc1C(F)(F)F. The van der Waals surface area contributed by atoms with E-state index in [9.17, 15) is 23.1 Å². The number of phenols is 1. The van der Waals surface area contributed by atoms with E-state index in [1.54, 1.807) is 0 Å². The zero-order valence-electron chi connectivity index (χ0n) is 9.88. The standard InChI is InChI=1S/C12H13F3O3/c1-11(2,6-9(17)18)10-7(12(13,14)15)4-3-5-8(10)16/h3-5,16H,6H2,1-2H3,(H,17,18). The van der Waals surface area contributed by atoms with Crippen LogP contribution in [0, 0.1) is 0 Å². The van der Waals surface area contributed by atoms with Gasteiger partial charge in [0.2, 0.25) is 0 Å². The highest BCUT2D eigenvalue weighted by atomic mass is 19.4. The van der Waals surface area contributed by atoms with Gasteiger partial charge in [-0.15, -0.1) is 0 Å². The summed E-state index contributed by atoms with van der Waals surface area (Å²) in [5.41, 5.74) is -2.71. The minimum atomic E-state index is -4.64. The largest absolute Gasteiger partial charge is 0.508 e. The quantitative estimate of drug-likeness (QED) is 0.879. The van der Waals surface area contributed by atoms with E-state index < -0.39 is 35.3 Å². The minimum absolute atomic E-state index is 0.389. The van der Waals surface area contributed by atoms with Gasteiger partial charge in [-0.05, 0) is 12.1 Å². The number of aromatic hydroxyl groups is 1. The van der Waals surface area contributed by atoms with Crippen LogP contribution in [-0.4, -0.2) is 16.2 Å². The van der Waals surface area contributed by atoms with Crippen LogP contribution >= 0.6 is 0 Å². The predicted octanol–water partition coefficient (Wildman–Crippen LogP) is 3.16. The molecule has 0 amide bonds. The molecule has 0 unspecified atom stereocenters. The molecule has 0 heterocycles. The maximum atomic E-state index is 12.8. The van der Waals surface area contributed by atoms with Crippen LogP contribution in [0.15, 0.2) is 18.2 Å². The van der Waals surface area contributed by atoms with Gasteiger partial charge < -0.3 is 10.2 Å². The number of carboxylic acid groups (broad SMARTS) is 1. The van der Waals surface area contributed by atoms with Crippen molar-refractivity contribution in [2.45, 2.75) is 31.9 Å². The summed E-state index contributed by atoms with van der Waals surface area (Å²) in [6.07, 6.45) is -5.14. The highest BCUT2D eigenvalue weighted by Crippen LogP contribution is 2.43. The molecule has 1 aromatic rings.